The predicted molar refractivity (Wildman–Crippen MR) is 58.1 cm³/mol. The number of aliphatic hydroxyl groups excluding tert-OH is 1. The summed E-state index contributed by atoms with van der Waals surface area (Å²) < 4.78 is 4.51. The van der Waals surface area contributed by atoms with Crippen molar-refractivity contribution in [2.75, 3.05) is 13.7 Å². The zero-order valence-corrected chi connectivity index (χ0v) is 9.01. The monoisotopic (exact) mass is 225 g/mol. The number of carbonyl (C=O) groups excluding carboxylic acids is 1. The van der Waals surface area contributed by atoms with Crippen LogP contribution in [0.1, 0.15) is 28.4 Å². The van der Waals surface area contributed by atoms with E-state index in [0.29, 0.717) is 18.5 Å². The van der Waals surface area contributed by atoms with E-state index in [2.05, 4.69) is 4.74 Å². The van der Waals surface area contributed by atoms with Gasteiger partial charge in [0.25, 0.3) is 0 Å². The Morgan fingerprint density at radius 3 is 2.81 bits per heavy atom. The smallest absolute Gasteiger partial charge is 0.341 e. The van der Waals surface area contributed by atoms with Gasteiger partial charge in [0.05, 0.1) is 13.2 Å². The number of hydrogen-bond acceptors (Lipinski definition) is 5. The van der Waals surface area contributed by atoms with Crippen molar-refractivity contribution in [2.24, 2.45) is 5.73 Å². The number of rotatable bonds is 4. The lowest BCUT2D eigenvalue weighted by Gasteiger charge is -2.11. The fourth-order valence-electron chi connectivity index (χ4n) is 1.36. The number of aliphatic hydroxyl groups is 1. The van der Waals surface area contributed by atoms with Gasteiger partial charge >= 0.3 is 5.97 Å². The topological polar surface area (TPSA) is 92.8 Å². The number of carbonyl (C=O) groups is 1. The Bertz CT molecular complexity index is 378. The summed E-state index contributed by atoms with van der Waals surface area (Å²) in [7, 11) is 1.23. The van der Waals surface area contributed by atoms with Gasteiger partial charge in [0.1, 0.15) is 11.3 Å². The molecule has 0 heterocycles. The largest absolute Gasteiger partial charge is 0.507 e. The third kappa shape index (κ3) is 2.71. The van der Waals surface area contributed by atoms with Crippen LogP contribution in [0, 0.1) is 0 Å². The maximum Gasteiger partial charge on any atom is 0.341 e. The molecule has 0 aliphatic rings. The van der Waals surface area contributed by atoms with E-state index in [4.69, 9.17) is 5.73 Å². The molecule has 0 bridgehead atoms. The van der Waals surface area contributed by atoms with E-state index >= 15 is 0 Å². The number of benzene rings is 1. The molecule has 0 aliphatic heterocycles. The van der Waals surface area contributed by atoms with Crippen LogP contribution in [0.2, 0.25) is 0 Å². The lowest BCUT2D eigenvalue weighted by atomic mass is 10.0. The first-order valence-corrected chi connectivity index (χ1v) is 4.89. The van der Waals surface area contributed by atoms with Gasteiger partial charge in [0.2, 0.25) is 0 Å². The molecular weight excluding hydrogens is 210 g/mol. The van der Waals surface area contributed by atoms with E-state index in [1.54, 1.807) is 6.07 Å². The highest BCUT2D eigenvalue weighted by atomic mass is 16.5. The summed E-state index contributed by atoms with van der Waals surface area (Å²) in [5, 5.41) is 19.1. The zero-order valence-electron chi connectivity index (χ0n) is 9.01. The van der Waals surface area contributed by atoms with E-state index in [9.17, 15) is 15.0 Å². The Balaban J connectivity index is 3.02. The van der Waals surface area contributed by atoms with Crippen molar-refractivity contribution < 1.29 is 19.7 Å². The average molecular weight is 225 g/mol. The molecule has 5 heteroatoms. The minimum atomic E-state index is -0.742. The summed E-state index contributed by atoms with van der Waals surface area (Å²) in [5.41, 5.74) is 5.89. The van der Waals surface area contributed by atoms with Gasteiger partial charge in [0.15, 0.2) is 0 Å². The standard InChI is InChI=1S/C11H15NO4/c1-16-11(15)8-6-7(2-3-10(8)14)9(13)4-5-12/h2-3,6,9,13-14H,4-5,12H2,1H3/t9-/m1/s1. The second-order valence-electron chi connectivity index (χ2n) is 3.36. The van der Waals surface area contributed by atoms with Crippen LogP contribution in [0.15, 0.2) is 18.2 Å². The normalized spacial score (nSPS) is 12.2. The molecule has 5 nitrogen and oxygen atoms in total. The van der Waals surface area contributed by atoms with Crippen molar-refractivity contribution in [3.05, 3.63) is 29.3 Å². The summed E-state index contributed by atoms with van der Waals surface area (Å²) in [4.78, 5) is 11.3. The molecule has 1 aromatic carbocycles. The zero-order chi connectivity index (χ0) is 12.1. The third-order valence-electron chi connectivity index (χ3n) is 2.25. The third-order valence-corrected chi connectivity index (χ3v) is 2.25. The van der Waals surface area contributed by atoms with Crippen LogP contribution in [0.4, 0.5) is 0 Å². The van der Waals surface area contributed by atoms with Crippen LogP contribution in [-0.2, 0) is 4.74 Å². The summed E-state index contributed by atoms with van der Waals surface area (Å²) >= 11 is 0. The Labute approximate surface area is 93.5 Å². The number of phenols is 1. The summed E-state index contributed by atoms with van der Waals surface area (Å²) in [6.45, 7) is 0.343. The van der Waals surface area contributed by atoms with E-state index in [1.165, 1.54) is 19.2 Å². The van der Waals surface area contributed by atoms with Gasteiger partial charge < -0.3 is 20.7 Å². The molecule has 1 aromatic rings. The van der Waals surface area contributed by atoms with Crippen molar-refractivity contribution in [1.82, 2.24) is 0 Å². The molecule has 16 heavy (non-hydrogen) atoms. The number of hydrogen-bond donors (Lipinski definition) is 3. The molecule has 0 saturated carbocycles. The van der Waals surface area contributed by atoms with Crippen LogP contribution in [0.25, 0.3) is 0 Å². The van der Waals surface area contributed by atoms with E-state index < -0.39 is 12.1 Å². The molecule has 1 atom stereocenters. The predicted octanol–water partition coefficient (Wildman–Crippen LogP) is 0.561. The molecular formula is C11H15NO4. The van der Waals surface area contributed by atoms with Crippen LogP contribution in [0.3, 0.4) is 0 Å². The highest BCUT2D eigenvalue weighted by Crippen LogP contribution is 2.24. The second-order valence-corrected chi connectivity index (χ2v) is 3.36. The number of nitrogens with two attached hydrogens (primary N) is 1. The minimum absolute atomic E-state index is 0.0380. The summed E-state index contributed by atoms with van der Waals surface area (Å²) in [6.07, 6.45) is -0.347. The average Bonchev–Trinajstić information content (AvgIpc) is 2.29. The quantitative estimate of drug-likeness (QED) is 0.651. The van der Waals surface area contributed by atoms with Gasteiger partial charge in [-0.3, -0.25) is 0 Å². The highest BCUT2D eigenvalue weighted by Gasteiger charge is 2.15. The van der Waals surface area contributed by atoms with Crippen molar-refractivity contribution in [1.29, 1.82) is 0 Å². The molecule has 88 valence electrons. The number of phenolic OH excluding ortho intramolecular Hbond substituents is 1. The summed E-state index contributed by atoms with van der Waals surface area (Å²) in [6, 6.07) is 4.30. The van der Waals surface area contributed by atoms with Gasteiger partial charge in [-0.1, -0.05) is 6.07 Å². The van der Waals surface area contributed by atoms with E-state index in [0.717, 1.165) is 0 Å². The maximum atomic E-state index is 11.3. The molecule has 1 rings (SSSR count). The fraction of sp³-hybridized carbons (Fsp3) is 0.364. The van der Waals surface area contributed by atoms with E-state index in [1.807, 2.05) is 0 Å². The molecule has 0 aliphatic carbocycles. The molecule has 0 unspecified atom stereocenters. The molecule has 0 amide bonds. The van der Waals surface area contributed by atoms with Gasteiger partial charge in [-0.2, -0.15) is 0 Å². The first kappa shape index (κ1) is 12.5. The molecule has 4 N–H and O–H groups in total. The molecule has 0 fully saturated rings. The first-order chi connectivity index (χ1) is 7.60. The van der Waals surface area contributed by atoms with Gasteiger partial charge in [-0.25, -0.2) is 4.79 Å². The molecule has 0 spiro atoms. The first-order valence-electron chi connectivity index (χ1n) is 4.89. The van der Waals surface area contributed by atoms with Gasteiger partial charge in [0, 0.05) is 0 Å². The Kier molecular flexibility index (Phi) is 4.28. The van der Waals surface area contributed by atoms with Gasteiger partial charge in [-0.15, -0.1) is 0 Å². The van der Waals surface area contributed by atoms with Crippen LogP contribution < -0.4 is 5.73 Å². The van der Waals surface area contributed by atoms with Crippen molar-refractivity contribution in [3.63, 3.8) is 0 Å². The van der Waals surface area contributed by atoms with Crippen molar-refractivity contribution in [2.45, 2.75) is 12.5 Å². The lowest BCUT2D eigenvalue weighted by Crippen LogP contribution is -2.08. The highest BCUT2D eigenvalue weighted by molar-refractivity contribution is 5.92. The minimum Gasteiger partial charge on any atom is -0.507 e. The Hall–Kier alpha value is -1.59. The van der Waals surface area contributed by atoms with Gasteiger partial charge in [-0.05, 0) is 30.7 Å². The van der Waals surface area contributed by atoms with Crippen LogP contribution in [0.5, 0.6) is 5.75 Å². The number of ether oxygens (including phenoxy) is 1. The number of esters is 1. The Morgan fingerprint density at radius 1 is 1.56 bits per heavy atom. The number of aromatic hydroxyl groups is 1. The number of methoxy groups -OCH3 is 1. The van der Waals surface area contributed by atoms with Crippen LogP contribution in [-0.4, -0.2) is 29.8 Å². The lowest BCUT2D eigenvalue weighted by molar-refractivity contribution is 0.0597. The Morgan fingerprint density at radius 2 is 2.25 bits per heavy atom. The van der Waals surface area contributed by atoms with Crippen molar-refractivity contribution >= 4 is 5.97 Å². The second kappa shape index (κ2) is 5.48. The maximum absolute atomic E-state index is 11.3. The molecule has 0 radical (unpaired) electrons. The molecule has 0 aromatic heterocycles. The SMILES string of the molecule is COC(=O)c1cc([C@H](O)CCN)ccc1O. The fourth-order valence-corrected chi connectivity index (χ4v) is 1.36. The van der Waals surface area contributed by atoms with Crippen LogP contribution >= 0.6 is 0 Å². The molecule has 0 saturated heterocycles. The van der Waals surface area contributed by atoms with Crippen molar-refractivity contribution in [3.8, 4) is 5.75 Å². The van der Waals surface area contributed by atoms with E-state index in [-0.39, 0.29) is 11.3 Å². The summed E-state index contributed by atoms with van der Waals surface area (Å²) in [5.74, 6) is -0.810.